The van der Waals surface area contributed by atoms with Crippen molar-refractivity contribution in [3.05, 3.63) is 70.1 Å². The van der Waals surface area contributed by atoms with Gasteiger partial charge in [0, 0.05) is 5.56 Å². The Morgan fingerprint density at radius 2 is 1.96 bits per heavy atom. The Hall–Kier alpha value is -3.04. The lowest BCUT2D eigenvalue weighted by molar-refractivity contribution is 0.318. The van der Waals surface area contributed by atoms with Crippen LogP contribution in [-0.2, 0) is 9.84 Å². The van der Waals surface area contributed by atoms with Crippen molar-refractivity contribution in [2.24, 2.45) is 0 Å². The molecule has 0 aliphatic carbocycles. The molecule has 0 fully saturated rings. The van der Waals surface area contributed by atoms with E-state index in [-0.39, 0.29) is 16.4 Å². The number of rotatable bonds is 4. The molecule has 0 amide bonds. The van der Waals surface area contributed by atoms with Gasteiger partial charge in [0.05, 0.1) is 12.0 Å². The number of methoxy groups -OCH3 is 1. The molecule has 2 aromatic rings. The minimum Gasteiger partial charge on any atom is -0.493 e. The van der Waals surface area contributed by atoms with Crippen LogP contribution in [0.4, 0.5) is 0 Å². The average Bonchev–Trinajstić information content (AvgIpc) is 2.65. The van der Waals surface area contributed by atoms with Gasteiger partial charge in [-0.2, -0.15) is 5.26 Å². The highest BCUT2D eigenvalue weighted by molar-refractivity contribution is 7.95. The quantitative estimate of drug-likeness (QED) is 0.771. The maximum absolute atomic E-state index is 12.7. The zero-order valence-corrected chi connectivity index (χ0v) is 15.2. The summed E-state index contributed by atoms with van der Waals surface area (Å²) in [5.74, 6) is 1.21. The van der Waals surface area contributed by atoms with Crippen LogP contribution in [0.3, 0.4) is 0 Å². The van der Waals surface area contributed by atoms with Crippen molar-refractivity contribution < 1.29 is 17.9 Å². The molecule has 2 aromatic carbocycles. The summed E-state index contributed by atoms with van der Waals surface area (Å²) >= 11 is 0. The third-order valence-electron chi connectivity index (χ3n) is 4.00. The van der Waals surface area contributed by atoms with Gasteiger partial charge in [0.2, 0.25) is 9.84 Å². The molecule has 1 heterocycles. The number of hydrogen-bond donors (Lipinski definition) is 0. The Balaban J connectivity index is 2.01. The van der Waals surface area contributed by atoms with E-state index < -0.39 is 9.84 Å². The fourth-order valence-corrected chi connectivity index (χ4v) is 3.80. The van der Waals surface area contributed by atoms with Crippen LogP contribution < -0.4 is 9.47 Å². The Kier molecular flexibility index (Phi) is 4.83. The van der Waals surface area contributed by atoms with Gasteiger partial charge in [-0.05, 0) is 42.8 Å². The van der Waals surface area contributed by atoms with Crippen LogP contribution in [-0.4, -0.2) is 22.1 Å². The second kappa shape index (κ2) is 7.06. The SMILES string of the molecule is COc1cccc2c1OCC(/C=C(/C#N)S(=O)(=O)c1ccc(C)cc1)=C2. The van der Waals surface area contributed by atoms with Crippen molar-refractivity contribution in [2.75, 3.05) is 13.7 Å². The van der Waals surface area contributed by atoms with E-state index in [2.05, 4.69) is 0 Å². The van der Waals surface area contributed by atoms with Crippen molar-refractivity contribution in [2.45, 2.75) is 11.8 Å². The molecule has 0 radical (unpaired) electrons. The van der Waals surface area contributed by atoms with E-state index in [1.807, 2.05) is 19.1 Å². The first-order valence-electron chi connectivity index (χ1n) is 7.89. The first kappa shape index (κ1) is 17.8. The topological polar surface area (TPSA) is 76.4 Å². The zero-order chi connectivity index (χ0) is 18.7. The number of benzene rings is 2. The Morgan fingerprint density at radius 3 is 2.62 bits per heavy atom. The van der Waals surface area contributed by atoms with Crippen LogP contribution in [0.2, 0.25) is 0 Å². The number of allylic oxidation sites excluding steroid dienone is 1. The Bertz CT molecular complexity index is 1040. The van der Waals surface area contributed by atoms with Gasteiger partial charge in [-0.15, -0.1) is 0 Å². The molecule has 26 heavy (non-hydrogen) atoms. The van der Waals surface area contributed by atoms with Crippen molar-refractivity contribution >= 4 is 15.9 Å². The van der Waals surface area contributed by atoms with Gasteiger partial charge in [-0.1, -0.05) is 29.8 Å². The van der Waals surface area contributed by atoms with Crippen molar-refractivity contribution in [1.82, 2.24) is 0 Å². The van der Waals surface area contributed by atoms with Crippen LogP contribution in [0.15, 0.2) is 63.9 Å². The van der Waals surface area contributed by atoms with Crippen LogP contribution in [0.25, 0.3) is 6.08 Å². The summed E-state index contributed by atoms with van der Waals surface area (Å²) in [7, 11) is -2.32. The van der Waals surface area contributed by atoms with Crippen molar-refractivity contribution in [1.29, 1.82) is 5.26 Å². The fourth-order valence-electron chi connectivity index (χ4n) is 2.62. The number of sulfone groups is 1. The van der Waals surface area contributed by atoms with E-state index in [1.165, 1.54) is 18.2 Å². The molecule has 0 bridgehead atoms. The lowest BCUT2D eigenvalue weighted by Crippen LogP contribution is -2.09. The monoisotopic (exact) mass is 367 g/mol. The van der Waals surface area contributed by atoms with Gasteiger partial charge in [0.15, 0.2) is 11.5 Å². The lowest BCUT2D eigenvalue weighted by Gasteiger charge is -2.18. The minimum absolute atomic E-state index is 0.0929. The largest absolute Gasteiger partial charge is 0.493 e. The summed E-state index contributed by atoms with van der Waals surface area (Å²) in [6.07, 6.45) is 3.15. The molecule has 0 N–H and O–H groups in total. The molecule has 1 aliphatic rings. The minimum atomic E-state index is -3.88. The summed E-state index contributed by atoms with van der Waals surface area (Å²) in [6.45, 7) is 2.02. The predicted octanol–water partition coefficient (Wildman–Crippen LogP) is 3.66. The molecule has 5 nitrogen and oxygen atoms in total. The molecule has 0 atom stereocenters. The number of hydrogen-bond acceptors (Lipinski definition) is 5. The van der Waals surface area contributed by atoms with Gasteiger partial charge >= 0.3 is 0 Å². The van der Waals surface area contributed by atoms with Gasteiger partial charge in [-0.25, -0.2) is 8.42 Å². The zero-order valence-electron chi connectivity index (χ0n) is 14.4. The first-order valence-corrected chi connectivity index (χ1v) is 9.38. The molecule has 6 heteroatoms. The number of nitrogens with zero attached hydrogens (tertiary/aromatic N) is 1. The molecule has 0 unspecified atom stereocenters. The van der Waals surface area contributed by atoms with Crippen LogP contribution >= 0.6 is 0 Å². The molecule has 0 spiro atoms. The maximum atomic E-state index is 12.7. The molecule has 0 aromatic heterocycles. The van der Waals surface area contributed by atoms with Gasteiger partial charge in [0.25, 0.3) is 0 Å². The molecular formula is C20H17NO4S. The second-order valence-electron chi connectivity index (χ2n) is 5.82. The summed E-state index contributed by atoms with van der Waals surface area (Å²) in [4.78, 5) is -0.224. The van der Waals surface area contributed by atoms with Crippen LogP contribution in [0.5, 0.6) is 11.5 Å². The normalized spacial score (nSPS) is 13.9. The van der Waals surface area contributed by atoms with E-state index in [0.29, 0.717) is 17.1 Å². The second-order valence-corrected chi connectivity index (χ2v) is 7.74. The molecule has 0 saturated carbocycles. The molecular weight excluding hydrogens is 350 g/mol. The van der Waals surface area contributed by atoms with Crippen molar-refractivity contribution in [3.8, 4) is 17.6 Å². The summed E-state index contributed by atoms with van der Waals surface area (Å²) in [5.41, 5.74) is 2.31. The number of para-hydroxylation sites is 1. The Labute approximate surface area is 152 Å². The molecule has 1 aliphatic heterocycles. The average molecular weight is 367 g/mol. The Morgan fingerprint density at radius 1 is 1.23 bits per heavy atom. The summed E-state index contributed by atoms with van der Waals surface area (Å²) in [5, 5.41) is 9.40. The standard InChI is InChI=1S/C20H17NO4S/c1-14-6-8-17(9-7-14)26(22,23)18(12-21)11-15-10-16-4-3-5-19(24-2)20(16)25-13-15/h3-11H,13H2,1-2H3/b18-11-. The van der Waals surface area contributed by atoms with Gasteiger partial charge in [-0.3, -0.25) is 0 Å². The van der Waals surface area contributed by atoms with Crippen LogP contribution in [0, 0.1) is 18.3 Å². The highest BCUT2D eigenvalue weighted by atomic mass is 32.2. The number of nitriles is 1. The van der Waals surface area contributed by atoms with Crippen LogP contribution in [0.1, 0.15) is 11.1 Å². The first-order chi connectivity index (χ1) is 12.5. The third-order valence-corrected chi connectivity index (χ3v) is 5.68. The van der Waals surface area contributed by atoms with E-state index in [4.69, 9.17) is 9.47 Å². The predicted molar refractivity (Wildman–Crippen MR) is 98.5 cm³/mol. The van der Waals surface area contributed by atoms with Crippen molar-refractivity contribution in [3.63, 3.8) is 0 Å². The molecule has 3 rings (SSSR count). The lowest BCUT2D eigenvalue weighted by atomic mass is 10.1. The molecule has 0 saturated heterocycles. The number of fused-ring (bicyclic) bond motifs is 1. The van der Waals surface area contributed by atoms with E-state index >= 15 is 0 Å². The van der Waals surface area contributed by atoms with E-state index in [9.17, 15) is 13.7 Å². The summed E-state index contributed by atoms with van der Waals surface area (Å²) in [6, 6.07) is 13.7. The number of aryl methyl sites for hydroxylation is 1. The molecule has 132 valence electrons. The smallest absolute Gasteiger partial charge is 0.216 e. The number of ether oxygens (including phenoxy) is 2. The van der Waals surface area contributed by atoms with E-state index in [1.54, 1.807) is 37.5 Å². The highest BCUT2D eigenvalue weighted by Crippen LogP contribution is 2.36. The summed E-state index contributed by atoms with van der Waals surface area (Å²) < 4.78 is 36.4. The highest BCUT2D eigenvalue weighted by Gasteiger charge is 2.22. The maximum Gasteiger partial charge on any atom is 0.216 e. The third kappa shape index (κ3) is 3.35. The van der Waals surface area contributed by atoms with E-state index in [0.717, 1.165) is 11.1 Å². The van der Waals surface area contributed by atoms with Gasteiger partial charge in [0.1, 0.15) is 17.6 Å². The fraction of sp³-hybridized carbons (Fsp3) is 0.150. The van der Waals surface area contributed by atoms with Gasteiger partial charge < -0.3 is 9.47 Å².